The molecule has 4 rings (SSSR count). The van der Waals surface area contributed by atoms with Crippen LogP contribution in [0.2, 0.25) is 0 Å². The van der Waals surface area contributed by atoms with Crippen molar-refractivity contribution < 1.29 is 4.74 Å². The molecule has 0 aromatic heterocycles. The number of ether oxygens (including phenoxy) is 1. The van der Waals surface area contributed by atoms with Crippen molar-refractivity contribution in [3.05, 3.63) is 23.3 Å². The van der Waals surface area contributed by atoms with Gasteiger partial charge in [0, 0.05) is 13.2 Å². The summed E-state index contributed by atoms with van der Waals surface area (Å²) in [7, 11) is 1.85. The van der Waals surface area contributed by atoms with Crippen LogP contribution >= 0.6 is 0 Å². The number of hydrogen-bond donors (Lipinski definition) is 1. The van der Waals surface area contributed by atoms with Crippen LogP contribution in [0.25, 0.3) is 0 Å². The Balaban J connectivity index is 1.78. The van der Waals surface area contributed by atoms with E-state index in [9.17, 15) is 0 Å². The van der Waals surface area contributed by atoms with E-state index in [-0.39, 0.29) is 0 Å². The first kappa shape index (κ1) is 12.2. The number of nitrogens with one attached hydrogen (secondary N) is 1. The van der Waals surface area contributed by atoms with Gasteiger partial charge in [0.2, 0.25) is 0 Å². The van der Waals surface area contributed by atoms with Crippen molar-refractivity contribution in [2.45, 2.75) is 57.1 Å². The van der Waals surface area contributed by atoms with E-state index in [0.717, 1.165) is 18.4 Å². The van der Waals surface area contributed by atoms with Crippen molar-refractivity contribution in [1.82, 2.24) is 5.32 Å². The van der Waals surface area contributed by atoms with Gasteiger partial charge in [-0.3, -0.25) is 0 Å². The van der Waals surface area contributed by atoms with Crippen molar-refractivity contribution in [2.75, 3.05) is 13.7 Å². The van der Waals surface area contributed by atoms with Crippen LogP contribution in [-0.2, 0) is 4.74 Å². The first-order valence-electron chi connectivity index (χ1n) is 8.00. The van der Waals surface area contributed by atoms with Gasteiger partial charge in [0.25, 0.3) is 0 Å². The number of piperidine rings is 1. The van der Waals surface area contributed by atoms with Crippen molar-refractivity contribution in [3.8, 4) is 0 Å². The summed E-state index contributed by atoms with van der Waals surface area (Å²) in [5, 5.41) is 3.80. The van der Waals surface area contributed by atoms with Gasteiger partial charge in [-0.15, -0.1) is 0 Å². The quantitative estimate of drug-likeness (QED) is 0.781. The largest absolute Gasteiger partial charge is 0.377 e. The lowest BCUT2D eigenvalue weighted by Gasteiger charge is -2.57. The maximum atomic E-state index is 5.62. The predicted octanol–water partition coefficient (Wildman–Crippen LogP) is 3.20. The average molecular weight is 259 g/mol. The summed E-state index contributed by atoms with van der Waals surface area (Å²) in [6, 6.07) is 0.747. The van der Waals surface area contributed by atoms with E-state index in [1.807, 2.05) is 7.11 Å². The first-order chi connectivity index (χ1) is 9.33. The zero-order valence-electron chi connectivity index (χ0n) is 12.0. The molecule has 0 radical (unpaired) electrons. The third-order valence-electron chi connectivity index (χ3n) is 6.21. The zero-order chi connectivity index (χ0) is 12.9. The van der Waals surface area contributed by atoms with Gasteiger partial charge in [-0.05, 0) is 55.6 Å². The standard InChI is InChI=1S/C17H25NO/c1-19-13-6-5-12-10-16-14-4-2-3-7-17(14,8-9-18-16)15(12)11-13/h5-6,13-14,16,18H,2-4,7-11H2,1H3. The monoisotopic (exact) mass is 259 g/mol. The highest BCUT2D eigenvalue weighted by Crippen LogP contribution is 2.58. The third-order valence-corrected chi connectivity index (χ3v) is 6.21. The fraction of sp³-hybridized carbons (Fsp3) is 0.765. The number of rotatable bonds is 1. The van der Waals surface area contributed by atoms with E-state index in [1.54, 1.807) is 11.1 Å². The molecular weight excluding hydrogens is 234 g/mol. The molecule has 4 unspecified atom stereocenters. The predicted molar refractivity (Wildman–Crippen MR) is 77.0 cm³/mol. The van der Waals surface area contributed by atoms with Crippen LogP contribution < -0.4 is 5.32 Å². The van der Waals surface area contributed by atoms with Crippen LogP contribution in [-0.4, -0.2) is 25.8 Å². The van der Waals surface area contributed by atoms with Gasteiger partial charge >= 0.3 is 0 Å². The van der Waals surface area contributed by atoms with Crippen LogP contribution in [0.15, 0.2) is 23.3 Å². The summed E-state index contributed by atoms with van der Waals surface area (Å²) in [5.41, 5.74) is 3.96. The molecular formula is C17H25NO. The Hall–Kier alpha value is -0.600. The fourth-order valence-electron chi connectivity index (χ4n) is 5.36. The molecule has 2 nitrogen and oxygen atoms in total. The summed E-state index contributed by atoms with van der Waals surface area (Å²) >= 11 is 0. The lowest BCUT2D eigenvalue weighted by Crippen LogP contribution is -2.57. The van der Waals surface area contributed by atoms with Gasteiger partial charge in [-0.25, -0.2) is 0 Å². The molecule has 2 fully saturated rings. The Kier molecular flexibility index (Phi) is 2.85. The first-order valence-corrected chi connectivity index (χ1v) is 8.00. The summed E-state index contributed by atoms with van der Waals surface area (Å²) in [4.78, 5) is 0. The summed E-state index contributed by atoms with van der Waals surface area (Å²) in [5.74, 6) is 0.901. The smallest absolute Gasteiger partial charge is 0.0792 e. The SMILES string of the molecule is COC1C=CC2=C(C1)C13CCCCC1C(C2)NCC3. The van der Waals surface area contributed by atoms with Gasteiger partial charge in [0.1, 0.15) is 0 Å². The second-order valence-electron chi connectivity index (χ2n) is 6.86. The van der Waals surface area contributed by atoms with E-state index < -0.39 is 0 Å². The minimum Gasteiger partial charge on any atom is -0.377 e. The molecule has 1 saturated heterocycles. The minimum atomic E-state index is 0.321. The third kappa shape index (κ3) is 1.69. The van der Waals surface area contributed by atoms with Crippen molar-refractivity contribution in [3.63, 3.8) is 0 Å². The second-order valence-corrected chi connectivity index (χ2v) is 6.86. The van der Waals surface area contributed by atoms with Gasteiger partial charge in [0.15, 0.2) is 0 Å². The van der Waals surface area contributed by atoms with Gasteiger partial charge in [0.05, 0.1) is 6.10 Å². The number of methoxy groups -OCH3 is 1. The van der Waals surface area contributed by atoms with Crippen LogP contribution in [0.1, 0.15) is 44.9 Å². The number of hydrogen-bond acceptors (Lipinski definition) is 2. The minimum absolute atomic E-state index is 0.321. The molecule has 104 valence electrons. The average Bonchev–Trinajstić information content (AvgIpc) is 2.47. The van der Waals surface area contributed by atoms with Gasteiger partial charge in [-0.2, -0.15) is 0 Å². The molecule has 0 aromatic rings. The molecule has 4 aliphatic rings. The Labute approximate surface area is 116 Å². The van der Waals surface area contributed by atoms with Crippen LogP contribution in [0.4, 0.5) is 0 Å². The van der Waals surface area contributed by atoms with Crippen molar-refractivity contribution in [1.29, 1.82) is 0 Å². The molecule has 0 spiro atoms. The molecule has 4 atom stereocenters. The molecule has 1 aliphatic heterocycles. The summed E-state index contributed by atoms with van der Waals surface area (Å²) < 4.78 is 5.62. The molecule has 1 saturated carbocycles. The zero-order valence-corrected chi connectivity index (χ0v) is 12.0. The maximum Gasteiger partial charge on any atom is 0.0792 e. The Morgan fingerprint density at radius 2 is 2.21 bits per heavy atom. The van der Waals surface area contributed by atoms with E-state index in [0.29, 0.717) is 11.5 Å². The molecule has 1 N–H and O–H groups in total. The lowest BCUT2D eigenvalue weighted by atomic mass is 9.51. The van der Waals surface area contributed by atoms with Crippen molar-refractivity contribution >= 4 is 0 Å². The number of allylic oxidation sites excluding steroid dienone is 1. The molecule has 3 aliphatic carbocycles. The Morgan fingerprint density at radius 3 is 3.11 bits per heavy atom. The van der Waals surface area contributed by atoms with Gasteiger partial charge in [-0.1, -0.05) is 30.6 Å². The van der Waals surface area contributed by atoms with E-state index in [1.165, 1.54) is 45.1 Å². The van der Waals surface area contributed by atoms with Gasteiger partial charge < -0.3 is 10.1 Å². The maximum absolute atomic E-state index is 5.62. The molecule has 2 heteroatoms. The molecule has 2 bridgehead atoms. The molecule has 19 heavy (non-hydrogen) atoms. The highest BCUT2D eigenvalue weighted by Gasteiger charge is 2.52. The van der Waals surface area contributed by atoms with Crippen LogP contribution in [0.3, 0.4) is 0 Å². The Bertz CT molecular complexity index is 435. The Morgan fingerprint density at radius 1 is 1.26 bits per heavy atom. The van der Waals surface area contributed by atoms with Crippen molar-refractivity contribution in [2.24, 2.45) is 11.3 Å². The lowest BCUT2D eigenvalue weighted by molar-refractivity contribution is 0.0309. The summed E-state index contributed by atoms with van der Waals surface area (Å²) in [6.45, 7) is 1.22. The fourth-order valence-corrected chi connectivity index (χ4v) is 5.36. The molecule has 1 heterocycles. The van der Waals surface area contributed by atoms with E-state index in [4.69, 9.17) is 4.74 Å². The van der Waals surface area contributed by atoms with E-state index in [2.05, 4.69) is 17.5 Å². The summed E-state index contributed by atoms with van der Waals surface area (Å²) in [6.07, 6.45) is 14.5. The van der Waals surface area contributed by atoms with E-state index >= 15 is 0 Å². The highest BCUT2D eigenvalue weighted by atomic mass is 16.5. The normalized spacial score (nSPS) is 44.8. The molecule has 0 amide bonds. The highest BCUT2D eigenvalue weighted by molar-refractivity contribution is 5.41. The van der Waals surface area contributed by atoms with Crippen LogP contribution in [0.5, 0.6) is 0 Å². The molecule has 0 aromatic carbocycles. The topological polar surface area (TPSA) is 21.3 Å². The van der Waals surface area contributed by atoms with Crippen LogP contribution in [0, 0.1) is 11.3 Å². The second kappa shape index (κ2) is 4.46.